The van der Waals surface area contributed by atoms with Gasteiger partial charge in [0.1, 0.15) is 5.82 Å². The largest absolute Gasteiger partial charge is 0.366 e. The second-order valence-corrected chi connectivity index (χ2v) is 9.20. The van der Waals surface area contributed by atoms with E-state index in [-0.39, 0.29) is 17.3 Å². The molecule has 0 amide bonds. The summed E-state index contributed by atoms with van der Waals surface area (Å²) < 4.78 is 36.9. The van der Waals surface area contributed by atoms with Crippen molar-refractivity contribution in [2.24, 2.45) is 4.99 Å². The number of para-hydroxylation sites is 1. The monoisotopic (exact) mass is 397 g/mol. The first-order valence-electron chi connectivity index (χ1n) is 9.36. The number of hydrogen-bond donors (Lipinski definition) is 1. The van der Waals surface area contributed by atoms with Gasteiger partial charge in [-0.1, -0.05) is 12.1 Å². The van der Waals surface area contributed by atoms with Gasteiger partial charge >= 0.3 is 0 Å². The number of nitrogens with zero attached hydrogens (tertiary/aromatic N) is 4. The summed E-state index contributed by atoms with van der Waals surface area (Å²) in [5.74, 6) is 1.16. The van der Waals surface area contributed by atoms with Crippen LogP contribution in [0.15, 0.2) is 29.3 Å². The number of piperazine rings is 1. The molecule has 150 valence electrons. The summed E-state index contributed by atoms with van der Waals surface area (Å²) in [6.07, 6.45) is 0. The Balaban J connectivity index is 1.43. The lowest BCUT2D eigenvalue weighted by Crippen LogP contribution is -2.53. The van der Waals surface area contributed by atoms with Crippen molar-refractivity contribution in [3.8, 4) is 0 Å². The molecule has 2 heterocycles. The van der Waals surface area contributed by atoms with Crippen LogP contribution in [0.4, 0.5) is 10.1 Å². The van der Waals surface area contributed by atoms with Gasteiger partial charge < -0.3 is 15.1 Å². The average molecular weight is 398 g/mol. The van der Waals surface area contributed by atoms with Crippen LogP contribution in [0.25, 0.3) is 0 Å². The van der Waals surface area contributed by atoms with Gasteiger partial charge in [-0.3, -0.25) is 9.89 Å². The molecule has 2 aliphatic rings. The molecular formula is C18H28FN5O2S. The van der Waals surface area contributed by atoms with Crippen LogP contribution < -0.4 is 10.2 Å². The molecule has 2 saturated heterocycles. The van der Waals surface area contributed by atoms with Crippen molar-refractivity contribution >= 4 is 21.5 Å². The molecule has 7 nitrogen and oxygen atoms in total. The second kappa shape index (κ2) is 8.88. The van der Waals surface area contributed by atoms with Crippen LogP contribution in [0, 0.1) is 5.82 Å². The Labute approximate surface area is 160 Å². The molecule has 0 atom stereocenters. The number of rotatable bonds is 4. The van der Waals surface area contributed by atoms with Crippen LogP contribution in [-0.4, -0.2) is 95.1 Å². The fourth-order valence-electron chi connectivity index (χ4n) is 3.50. The van der Waals surface area contributed by atoms with Gasteiger partial charge in [0.25, 0.3) is 0 Å². The fourth-order valence-corrected chi connectivity index (χ4v) is 4.78. The maximum absolute atomic E-state index is 14.0. The number of nitrogens with one attached hydrogen (secondary N) is 1. The van der Waals surface area contributed by atoms with Crippen LogP contribution >= 0.6 is 0 Å². The zero-order chi connectivity index (χ0) is 19.3. The summed E-state index contributed by atoms with van der Waals surface area (Å²) in [7, 11) is -1.07. The highest BCUT2D eigenvalue weighted by molar-refractivity contribution is 7.91. The number of benzene rings is 1. The molecule has 0 spiro atoms. The van der Waals surface area contributed by atoms with Crippen LogP contribution in [-0.2, 0) is 9.84 Å². The van der Waals surface area contributed by atoms with Crippen molar-refractivity contribution < 1.29 is 12.8 Å². The molecule has 0 saturated carbocycles. The molecule has 0 aliphatic carbocycles. The van der Waals surface area contributed by atoms with E-state index < -0.39 is 9.84 Å². The second-order valence-electron chi connectivity index (χ2n) is 6.89. The van der Waals surface area contributed by atoms with E-state index in [2.05, 4.69) is 25.0 Å². The summed E-state index contributed by atoms with van der Waals surface area (Å²) in [5.41, 5.74) is 0.653. The molecule has 0 radical (unpaired) electrons. The van der Waals surface area contributed by atoms with E-state index >= 15 is 0 Å². The first kappa shape index (κ1) is 19.9. The van der Waals surface area contributed by atoms with E-state index in [9.17, 15) is 12.8 Å². The number of sulfone groups is 1. The summed E-state index contributed by atoms with van der Waals surface area (Å²) in [5, 5.41) is 3.37. The molecule has 0 bridgehead atoms. The Morgan fingerprint density at radius 2 is 1.78 bits per heavy atom. The third-order valence-corrected chi connectivity index (χ3v) is 6.74. The Bertz CT molecular complexity index is 749. The lowest BCUT2D eigenvalue weighted by Gasteiger charge is -2.38. The molecule has 3 rings (SSSR count). The molecule has 2 fully saturated rings. The quantitative estimate of drug-likeness (QED) is 0.581. The molecule has 1 aromatic carbocycles. The summed E-state index contributed by atoms with van der Waals surface area (Å²) in [4.78, 5) is 10.8. The number of hydrogen-bond acceptors (Lipinski definition) is 5. The van der Waals surface area contributed by atoms with Crippen molar-refractivity contribution in [1.29, 1.82) is 0 Å². The summed E-state index contributed by atoms with van der Waals surface area (Å²) in [6.45, 7) is 5.75. The van der Waals surface area contributed by atoms with Crippen LogP contribution in [0.3, 0.4) is 0 Å². The van der Waals surface area contributed by atoms with Gasteiger partial charge in [0.15, 0.2) is 15.8 Å². The minimum atomic E-state index is -2.84. The van der Waals surface area contributed by atoms with Gasteiger partial charge in [-0.25, -0.2) is 12.8 Å². The van der Waals surface area contributed by atoms with Crippen molar-refractivity contribution in [3.63, 3.8) is 0 Å². The first-order valence-corrected chi connectivity index (χ1v) is 11.2. The van der Waals surface area contributed by atoms with Crippen molar-refractivity contribution in [2.75, 3.05) is 75.8 Å². The van der Waals surface area contributed by atoms with Gasteiger partial charge in [0, 0.05) is 59.4 Å². The maximum Gasteiger partial charge on any atom is 0.193 e. The smallest absolute Gasteiger partial charge is 0.193 e. The number of anilines is 1. The minimum Gasteiger partial charge on any atom is -0.366 e. The maximum atomic E-state index is 14.0. The third-order valence-electron chi connectivity index (χ3n) is 5.13. The van der Waals surface area contributed by atoms with Gasteiger partial charge in [-0.05, 0) is 12.1 Å². The van der Waals surface area contributed by atoms with Gasteiger partial charge in [0.2, 0.25) is 0 Å². The van der Waals surface area contributed by atoms with Gasteiger partial charge in [-0.2, -0.15) is 0 Å². The average Bonchev–Trinajstić information content (AvgIpc) is 2.67. The molecule has 9 heteroatoms. The highest BCUT2D eigenvalue weighted by Crippen LogP contribution is 2.20. The number of guanidine groups is 1. The van der Waals surface area contributed by atoms with Gasteiger partial charge in [0.05, 0.1) is 17.2 Å². The fraction of sp³-hybridized carbons (Fsp3) is 0.611. The number of halogens is 1. The highest BCUT2D eigenvalue weighted by atomic mass is 32.2. The predicted octanol–water partition coefficient (Wildman–Crippen LogP) is 0.254. The molecule has 0 unspecified atom stereocenters. The molecule has 1 aromatic rings. The number of aliphatic imine (C=N–C) groups is 1. The molecule has 0 aromatic heterocycles. The standard InChI is InChI=1S/C18H28FN5O2S/c1-20-18(21-6-7-22-12-14-27(25,26)15-13-22)24-10-8-23(9-11-24)17-5-3-2-4-16(17)19/h2-5H,6-15H2,1H3,(H,20,21). The Hall–Kier alpha value is -1.87. The van der Waals surface area contributed by atoms with Crippen LogP contribution in [0.1, 0.15) is 0 Å². The topological polar surface area (TPSA) is 68.2 Å². The van der Waals surface area contributed by atoms with E-state index in [0.717, 1.165) is 45.2 Å². The Kier molecular flexibility index (Phi) is 6.54. The Morgan fingerprint density at radius 3 is 2.41 bits per heavy atom. The van der Waals surface area contributed by atoms with E-state index in [1.807, 2.05) is 12.1 Å². The minimum absolute atomic E-state index is 0.183. The normalized spacial score (nSPS) is 21.3. The molecule has 2 aliphatic heterocycles. The Morgan fingerprint density at radius 1 is 1.11 bits per heavy atom. The summed E-state index contributed by atoms with van der Waals surface area (Å²) >= 11 is 0. The van der Waals surface area contributed by atoms with E-state index in [4.69, 9.17) is 0 Å². The van der Waals surface area contributed by atoms with E-state index in [1.165, 1.54) is 6.07 Å². The van der Waals surface area contributed by atoms with E-state index in [0.29, 0.717) is 18.8 Å². The highest BCUT2D eigenvalue weighted by Gasteiger charge is 2.23. The van der Waals surface area contributed by atoms with Crippen molar-refractivity contribution in [2.45, 2.75) is 0 Å². The molecule has 27 heavy (non-hydrogen) atoms. The van der Waals surface area contributed by atoms with Crippen LogP contribution in [0.5, 0.6) is 0 Å². The van der Waals surface area contributed by atoms with Crippen LogP contribution in [0.2, 0.25) is 0 Å². The summed E-state index contributed by atoms with van der Waals surface area (Å²) in [6, 6.07) is 6.88. The lowest BCUT2D eigenvalue weighted by atomic mass is 10.2. The first-order chi connectivity index (χ1) is 13.0. The molecular weight excluding hydrogens is 369 g/mol. The molecule has 1 N–H and O–H groups in total. The SMILES string of the molecule is CN=C(NCCN1CCS(=O)(=O)CC1)N1CCN(c2ccccc2F)CC1. The van der Waals surface area contributed by atoms with Crippen molar-refractivity contribution in [1.82, 2.24) is 15.1 Å². The third kappa shape index (κ3) is 5.32. The zero-order valence-electron chi connectivity index (χ0n) is 15.8. The van der Waals surface area contributed by atoms with Crippen molar-refractivity contribution in [3.05, 3.63) is 30.1 Å². The van der Waals surface area contributed by atoms with Gasteiger partial charge in [-0.15, -0.1) is 0 Å². The lowest BCUT2D eigenvalue weighted by molar-refractivity contribution is 0.296. The van der Waals surface area contributed by atoms with E-state index in [1.54, 1.807) is 13.1 Å². The predicted molar refractivity (Wildman–Crippen MR) is 107 cm³/mol. The zero-order valence-corrected chi connectivity index (χ0v) is 16.6.